The molecule has 0 spiro atoms. The highest BCUT2D eigenvalue weighted by molar-refractivity contribution is 5.79. The van der Waals surface area contributed by atoms with Crippen molar-refractivity contribution < 1.29 is 14.1 Å². The summed E-state index contributed by atoms with van der Waals surface area (Å²) < 4.78 is 5.25. The van der Waals surface area contributed by atoms with Crippen molar-refractivity contribution in [3.05, 3.63) is 17.5 Å². The normalized spacial score (nSPS) is 16.5. The van der Waals surface area contributed by atoms with E-state index in [-0.39, 0.29) is 24.3 Å². The van der Waals surface area contributed by atoms with Crippen molar-refractivity contribution in [1.29, 1.82) is 0 Å². The van der Waals surface area contributed by atoms with Crippen molar-refractivity contribution in [2.75, 3.05) is 20.6 Å². The second-order valence-electron chi connectivity index (χ2n) is 7.30. The molecule has 25 heavy (non-hydrogen) atoms. The number of carbonyl (C=O) groups excluding carboxylic acids is 2. The minimum absolute atomic E-state index is 0.0142. The van der Waals surface area contributed by atoms with Crippen molar-refractivity contribution in [3.63, 3.8) is 0 Å². The standard InChI is InChI=1S/C18H30N4O3/c1-12(11-19-17(23)8-5-13(2)22(3)4)20-18(24)10-15-9-16(25-21-15)14-6-7-14/h9,12-14H,5-8,10-11H2,1-4H3,(H,19,23)(H,20,24)/t12-,13?/m0/s1. The second-order valence-corrected chi connectivity index (χ2v) is 7.30. The van der Waals surface area contributed by atoms with Crippen molar-refractivity contribution >= 4 is 11.8 Å². The number of amides is 2. The van der Waals surface area contributed by atoms with Crippen LogP contribution in [0.2, 0.25) is 0 Å². The number of hydrogen-bond acceptors (Lipinski definition) is 5. The molecule has 2 N–H and O–H groups in total. The molecule has 140 valence electrons. The van der Waals surface area contributed by atoms with Gasteiger partial charge in [0.25, 0.3) is 0 Å². The quantitative estimate of drug-likeness (QED) is 0.667. The maximum Gasteiger partial charge on any atom is 0.226 e. The molecule has 1 heterocycles. The molecule has 1 aromatic heterocycles. The zero-order valence-corrected chi connectivity index (χ0v) is 15.7. The van der Waals surface area contributed by atoms with Crippen LogP contribution in [0.1, 0.15) is 56.9 Å². The van der Waals surface area contributed by atoms with Crippen LogP contribution in [0.5, 0.6) is 0 Å². The lowest BCUT2D eigenvalue weighted by atomic mass is 10.1. The fraction of sp³-hybridized carbons (Fsp3) is 0.722. The number of nitrogens with one attached hydrogen (secondary N) is 2. The van der Waals surface area contributed by atoms with E-state index in [4.69, 9.17) is 4.52 Å². The van der Waals surface area contributed by atoms with Gasteiger partial charge < -0.3 is 20.1 Å². The maximum absolute atomic E-state index is 12.0. The average Bonchev–Trinajstić information content (AvgIpc) is 3.30. The van der Waals surface area contributed by atoms with Gasteiger partial charge >= 0.3 is 0 Å². The van der Waals surface area contributed by atoms with E-state index in [1.54, 1.807) is 0 Å². The van der Waals surface area contributed by atoms with Gasteiger partial charge in [0, 0.05) is 37.0 Å². The highest BCUT2D eigenvalue weighted by Crippen LogP contribution is 2.40. The third kappa shape index (κ3) is 6.86. The summed E-state index contributed by atoms with van der Waals surface area (Å²) in [6.07, 6.45) is 3.79. The van der Waals surface area contributed by atoms with Gasteiger partial charge in [-0.1, -0.05) is 5.16 Å². The first-order chi connectivity index (χ1) is 11.8. The molecule has 1 unspecified atom stereocenters. The summed E-state index contributed by atoms with van der Waals surface area (Å²) in [6, 6.07) is 2.11. The van der Waals surface area contributed by atoms with Crippen molar-refractivity contribution in [2.45, 2.75) is 64.0 Å². The number of carbonyl (C=O) groups is 2. The van der Waals surface area contributed by atoms with Gasteiger partial charge in [-0.3, -0.25) is 9.59 Å². The first-order valence-electron chi connectivity index (χ1n) is 9.03. The Morgan fingerprint density at radius 1 is 1.32 bits per heavy atom. The number of rotatable bonds is 10. The van der Waals surface area contributed by atoms with Gasteiger partial charge in [-0.15, -0.1) is 0 Å². The topological polar surface area (TPSA) is 87.5 Å². The van der Waals surface area contributed by atoms with Gasteiger partial charge in [0.2, 0.25) is 11.8 Å². The summed E-state index contributed by atoms with van der Waals surface area (Å²) in [6.45, 7) is 4.39. The van der Waals surface area contributed by atoms with Gasteiger partial charge in [-0.25, -0.2) is 0 Å². The maximum atomic E-state index is 12.0. The molecule has 0 bridgehead atoms. The van der Waals surface area contributed by atoms with Crippen LogP contribution in [0.4, 0.5) is 0 Å². The lowest BCUT2D eigenvalue weighted by Crippen LogP contribution is -2.42. The molecule has 7 nitrogen and oxygen atoms in total. The molecular formula is C18H30N4O3. The lowest BCUT2D eigenvalue weighted by molar-refractivity contribution is -0.123. The molecule has 0 saturated heterocycles. The molecule has 1 fully saturated rings. The van der Waals surface area contributed by atoms with Crippen LogP contribution in [0.3, 0.4) is 0 Å². The Morgan fingerprint density at radius 2 is 2.04 bits per heavy atom. The van der Waals surface area contributed by atoms with Crippen LogP contribution in [-0.2, 0) is 16.0 Å². The molecule has 1 aromatic rings. The van der Waals surface area contributed by atoms with Crippen LogP contribution in [0.15, 0.2) is 10.6 Å². The Bertz CT molecular complexity index is 581. The summed E-state index contributed by atoms with van der Waals surface area (Å²) in [7, 11) is 4.01. The Morgan fingerprint density at radius 3 is 2.68 bits per heavy atom. The van der Waals surface area contributed by atoms with E-state index in [0.29, 0.717) is 30.6 Å². The SMILES string of the molecule is CC(CCC(=O)NC[C@H](C)NC(=O)Cc1cc(C2CC2)on1)N(C)C. The van der Waals surface area contributed by atoms with E-state index in [1.165, 1.54) is 0 Å². The van der Waals surface area contributed by atoms with E-state index in [0.717, 1.165) is 25.0 Å². The Hall–Kier alpha value is -1.89. The lowest BCUT2D eigenvalue weighted by Gasteiger charge is -2.19. The zero-order chi connectivity index (χ0) is 18.4. The van der Waals surface area contributed by atoms with Crippen LogP contribution in [0.25, 0.3) is 0 Å². The summed E-state index contributed by atoms with van der Waals surface area (Å²) in [5.74, 6) is 1.28. The van der Waals surface area contributed by atoms with Gasteiger partial charge in [0.1, 0.15) is 5.76 Å². The van der Waals surface area contributed by atoms with Crippen LogP contribution < -0.4 is 10.6 Å². The van der Waals surface area contributed by atoms with Gasteiger partial charge in [0.05, 0.1) is 12.1 Å². The fourth-order valence-electron chi connectivity index (χ4n) is 2.47. The van der Waals surface area contributed by atoms with Gasteiger partial charge in [-0.05, 0) is 47.2 Å². The van der Waals surface area contributed by atoms with Crippen molar-refractivity contribution in [2.24, 2.45) is 0 Å². The molecule has 2 rings (SSSR count). The summed E-state index contributed by atoms with van der Waals surface area (Å²) in [4.78, 5) is 26.0. The predicted octanol–water partition coefficient (Wildman–Crippen LogP) is 1.45. The number of hydrogen-bond donors (Lipinski definition) is 2. The highest BCUT2D eigenvalue weighted by Gasteiger charge is 2.28. The predicted molar refractivity (Wildman–Crippen MR) is 95.2 cm³/mol. The van der Waals surface area contributed by atoms with E-state index in [9.17, 15) is 9.59 Å². The molecule has 1 aliphatic carbocycles. The van der Waals surface area contributed by atoms with Crippen LogP contribution in [0, 0.1) is 0 Å². The van der Waals surface area contributed by atoms with Crippen molar-refractivity contribution in [3.8, 4) is 0 Å². The Labute approximate surface area is 149 Å². The third-order valence-corrected chi connectivity index (χ3v) is 4.58. The molecular weight excluding hydrogens is 320 g/mol. The summed E-state index contributed by atoms with van der Waals surface area (Å²) in [5.41, 5.74) is 0.660. The van der Waals surface area contributed by atoms with E-state index in [1.807, 2.05) is 27.1 Å². The van der Waals surface area contributed by atoms with Crippen LogP contribution in [-0.4, -0.2) is 54.6 Å². The van der Waals surface area contributed by atoms with Crippen molar-refractivity contribution in [1.82, 2.24) is 20.7 Å². The largest absolute Gasteiger partial charge is 0.361 e. The third-order valence-electron chi connectivity index (χ3n) is 4.58. The monoisotopic (exact) mass is 350 g/mol. The van der Waals surface area contributed by atoms with E-state index < -0.39 is 0 Å². The molecule has 2 amide bonds. The molecule has 1 aliphatic rings. The zero-order valence-electron chi connectivity index (χ0n) is 15.7. The molecule has 0 aliphatic heterocycles. The van der Waals surface area contributed by atoms with E-state index >= 15 is 0 Å². The van der Waals surface area contributed by atoms with Crippen LogP contribution >= 0.6 is 0 Å². The average molecular weight is 350 g/mol. The van der Waals surface area contributed by atoms with E-state index in [2.05, 4.69) is 27.6 Å². The number of aromatic nitrogens is 1. The molecule has 7 heteroatoms. The smallest absolute Gasteiger partial charge is 0.226 e. The Balaban J connectivity index is 1.62. The van der Waals surface area contributed by atoms with Gasteiger partial charge in [-0.2, -0.15) is 0 Å². The second kappa shape index (κ2) is 8.99. The summed E-state index contributed by atoms with van der Waals surface area (Å²) in [5, 5.41) is 9.69. The summed E-state index contributed by atoms with van der Waals surface area (Å²) >= 11 is 0. The first-order valence-corrected chi connectivity index (χ1v) is 9.03. The molecule has 0 aromatic carbocycles. The van der Waals surface area contributed by atoms with Gasteiger partial charge in [0.15, 0.2) is 0 Å². The Kier molecular flexibility index (Phi) is 6.99. The molecule has 1 saturated carbocycles. The minimum Gasteiger partial charge on any atom is -0.361 e. The fourth-order valence-corrected chi connectivity index (χ4v) is 2.47. The molecule has 2 atom stereocenters. The minimum atomic E-state index is -0.127. The first kappa shape index (κ1) is 19.4. The molecule has 0 radical (unpaired) electrons. The number of nitrogens with zero attached hydrogens (tertiary/aromatic N) is 2. The highest BCUT2D eigenvalue weighted by atomic mass is 16.5.